The number of nitrogens with one attached hydrogen (secondary N) is 2. The van der Waals surface area contributed by atoms with E-state index in [4.69, 9.17) is 21.1 Å². The van der Waals surface area contributed by atoms with Crippen LogP contribution in [0.1, 0.15) is 12.5 Å². The zero-order valence-corrected chi connectivity index (χ0v) is 21.4. The molecule has 1 heterocycles. The molecule has 10 heteroatoms. The summed E-state index contributed by atoms with van der Waals surface area (Å²) in [5, 5.41) is 4.04. The topological polar surface area (TPSA) is 97.0 Å². The fourth-order valence-electron chi connectivity index (χ4n) is 3.43. The predicted molar refractivity (Wildman–Crippen MR) is 141 cm³/mol. The number of hydrogen-bond donors (Lipinski definition) is 2. The summed E-state index contributed by atoms with van der Waals surface area (Å²) in [7, 11) is 0. The largest absolute Gasteiger partial charge is 0.490 e. The predicted octanol–water partition coefficient (Wildman–Crippen LogP) is 4.98. The van der Waals surface area contributed by atoms with Gasteiger partial charge in [0.25, 0.3) is 17.7 Å². The Morgan fingerprint density at radius 2 is 1.75 bits per heavy atom. The Morgan fingerprint density at radius 3 is 2.42 bits per heavy atom. The Bertz CT molecular complexity index is 1330. The van der Waals surface area contributed by atoms with Crippen molar-refractivity contribution in [2.75, 3.05) is 23.5 Å². The first-order valence-electron chi connectivity index (χ1n) is 10.9. The minimum absolute atomic E-state index is 0.0750. The van der Waals surface area contributed by atoms with Gasteiger partial charge in [-0.15, -0.1) is 0 Å². The van der Waals surface area contributed by atoms with Crippen LogP contribution in [0.15, 0.2) is 76.8 Å². The highest BCUT2D eigenvalue weighted by molar-refractivity contribution is 9.10. The zero-order chi connectivity index (χ0) is 25.7. The molecule has 184 valence electrons. The summed E-state index contributed by atoms with van der Waals surface area (Å²) in [6.07, 6.45) is 1.42. The summed E-state index contributed by atoms with van der Waals surface area (Å²) in [6, 6.07) is 19.3. The standard InChI is InChI=1S/C26H21BrClN3O5/c1-2-35-20-14-16(13-19-25(33)30-31(26(19)34)18-11-7-4-8-12-18)22(27)23(28)24(20)36-15-21(32)29-17-9-5-3-6-10-17/h3-14H,2,15H2,1H3,(H,29,32)(H,30,33)/b19-13-. The van der Waals surface area contributed by atoms with Gasteiger partial charge in [0.05, 0.1) is 12.3 Å². The monoisotopic (exact) mass is 569 g/mol. The van der Waals surface area contributed by atoms with Crippen molar-refractivity contribution in [3.8, 4) is 11.5 Å². The van der Waals surface area contributed by atoms with Crippen molar-refractivity contribution in [2.24, 2.45) is 0 Å². The van der Waals surface area contributed by atoms with Crippen LogP contribution in [-0.2, 0) is 14.4 Å². The molecule has 0 bridgehead atoms. The van der Waals surface area contributed by atoms with Gasteiger partial charge in [0.15, 0.2) is 18.1 Å². The molecule has 0 spiro atoms. The molecule has 0 atom stereocenters. The molecule has 0 unspecified atom stereocenters. The maximum Gasteiger partial charge on any atom is 0.282 e. The second-order valence-corrected chi connectivity index (χ2v) is 8.70. The van der Waals surface area contributed by atoms with Crippen LogP contribution >= 0.6 is 27.5 Å². The van der Waals surface area contributed by atoms with Gasteiger partial charge < -0.3 is 14.8 Å². The van der Waals surface area contributed by atoms with Crippen LogP contribution in [0.5, 0.6) is 11.5 Å². The number of halogens is 2. The number of anilines is 2. The van der Waals surface area contributed by atoms with Crippen molar-refractivity contribution in [3.05, 3.63) is 87.4 Å². The number of nitrogens with zero attached hydrogens (tertiary/aromatic N) is 1. The first-order chi connectivity index (χ1) is 17.4. The molecule has 0 saturated carbocycles. The van der Waals surface area contributed by atoms with E-state index in [1.54, 1.807) is 61.5 Å². The maximum absolute atomic E-state index is 12.9. The van der Waals surface area contributed by atoms with Gasteiger partial charge >= 0.3 is 0 Å². The third kappa shape index (κ3) is 5.53. The van der Waals surface area contributed by atoms with E-state index in [0.717, 1.165) is 0 Å². The molecule has 1 aliphatic rings. The number of rotatable bonds is 8. The first-order valence-corrected chi connectivity index (χ1v) is 12.1. The van der Waals surface area contributed by atoms with Crippen molar-refractivity contribution >= 4 is 62.7 Å². The lowest BCUT2D eigenvalue weighted by Gasteiger charge is -2.16. The second-order valence-electron chi connectivity index (χ2n) is 7.53. The van der Waals surface area contributed by atoms with E-state index in [2.05, 4.69) is 26.7 Å². The van der Waals surface area contributed by atoms with Crippen LogP contribution in [0.4, 0.5) is 11.4 Å². The smallest absolute Gasteiger partial charge is 0.282 e. The average Bonchev–Trinajstić information content (AvgIpc) is 3.16. The van der Waals surface area contributed by atoms with Gasteiger partial charge in [-0.2, -0.15) is 0 Å². The van der Waals surface area contributed by atoms with Gasteiger partial charge in [0.1, 0.15) is 10.6 Å². The highest BCUT2D eigenvalue weighted by Crippen LogP contribution is 2.43. The van der Waals surface area contributed by atoms with Crippen molar-refractivity contribution in [1.82, 2.24) is 5.43 Å². The van der Waals surface area contributed by atoms with E-state index in [9.17, 15) is 14.4 Å². The number of ether oxygens (including phenoxy) is 2. The first kappa shape index (κ1) is 25.3. The van der Waals surface area contributed by atoms with Crippen molar-refractivity contribution < 1.29 is 23.9 Å². The number of amides is 3. The third-order valence-corrected chi connectivity index (χ3v) is 6.51. The van der Waals surface area contributed by atoms with Crippen molar-refractivity contribution in [3.63, 3.8) is 0 Å². The summed E-state index contributed by atoms with van der Waals surface area (Å²) in [4.78, 5) is 37.9. The Kier molecular flexibility index (Phi) is 7.92. The van der Waals surface area contributed by atoms with Crippen molar-refractivity contribution in [2.45, 2.75) is 6.92 Å². The Hall–Kier alpha value is -3.82. The van der Waals surface area contributed by atoms with Gasteiger partial charge in [-0.25, -0.2) is 5.01 Å². The molecule has 0 aromatic heterocycles. The lowest BCUT2D eigenvalue weighted by atomic mass is 10.1. The van der Waals surface area contributed by atoms with Crippen LogP contribution in [-0.4, -0.2) is 30.9 Å². The van der Waals surface area contributed by atoms with Gasteiger partial charge in [-0.3, -0.25) is 19.8 Å². The molecule has 1 aliphatic heterocycles. The number of hydrazine groups is 1. The molecule has 3 aromatic rings. The molecule has 1 fully saturated rings. The molecule has 36 heavy (non-hydrogen) atoms. The molecule has 8 nitrogen and oxygen atoms in total. The van der Waals surface area contributed by atoms with E-state index in [0.29, 0.717) is 28.0 Å². The van der Waals surface area contributed by atoms with Gasteiger partial charge in [0, 0.05) is 10.2 Å². The van der Waals surface area contributed by atoms with Crippen LogP contribution in [0.3, 0.4) is 0 Å². The number of carbonyl (C=O) groups is 3. The number of benzene rings is 3. The average molecular weight is 571 g/mol. The van der Waals surface area contributed by atoms with Gasteiger partial charge in [-0.05, 0) is 64.8 Å². The molecule has 0 aliphatic carbocycles. The lowest BCUT2D eigenvalue weighted by Crippen LogP contribution is -2.35. The number of carbonyl (C=O) groups excluding carboxylic acids is 3. The molecule has 3 amide bonds. The van der Waals surface area contributed by atoms with E-state index in [1.807, 2.05) is 12.1 Å². The molecule has 0 radical (unpaired) electrons. The van der Waals surface area contributed by atoms with Crippen molar-refractivity contribution in [1.29, 1.82) is 0 Å². The molecule has 2 N–H and O–H groups in total. The molecular weight excluding hydrogens is 550 g/mol. The van der Waals surface area contributed by atoms with Gasteiger partial charge in [-0.1, -0.05) is 48.0 Å². The minimum atomic E-state index is -0.553. The van der Waals surface area contributed by atoms with Crippen LogP contribution in [0, 0.1) is 0 Å². The summed E-state index contributed by atoms with van der Waals surface area (Å²) >= 11 is 9.97. The highest BCUT2D eigenvalue weighted by atomic mass is 79.9. The van der Waals surface area contributed by atoms with Crippen LogP contribution < -0.4 is 25.2 Å². The maximum atomic E-state index is 12.9. The number of para-hydroxylation sites is 2. The summed E-state index contributed by atoms with van der Waals surface area (Å²) in [5.41, 5.74) is 4.07. The van der Waals surface area contributed by atoms with Crippen LogP contribution in [0.2, 0.25) is 5.02 Å². The second kappa shape index (κ2) is 11.3. The fraction of sp³-hybridized carbons (Fsp3) is 0.115. The summed E-state index contributed by atoms with van der Waals surface area (Å²) < 4.78 is 11.8. The Morgan fingerprint density at radius 1 is 1.08 bits per heavy atom. The van der Waals surface area contributed by atoms with Crippen LogP contribution in [0.25, 0.3) is 6.08 Å². The zero-order valence-electron chi connectivity index (χ0n) is 19.1. The lowest BCUT2D eigenvalue weighted by molar-refractivity contribution is -0.118. The van der Waals surface area contributed by atoms with E-state index >= 15 is 0 Å². The summed E-state index contributed by atoms with van der Waals surface area (Å²) in [5.74, 6) is -1.02. The quantitative estimate of drug-likeness (QED) is 0.294. The molecule has 4 rings (SSSR count). The third-order valence-electron chi connectivity index (χ3n) is 5.07. The Balaban J connectivity index is 1.59. The fourth-order valence-corrected chi connectivity index (χ4v) is 4.10. The highest BCUT2D eigenvalue weighted by Gasteiger charge is 2.34. The molecular formula is C26H21BrClN3O5. The SMILES string of the molecule is CCOc1cc(/C=C2/C(=O)NN(c3ccccc3)C2=O)c(Br)c(Cl)c1OCC(=O)Nc1ccccc1. The van der Waals surface area contributed by atoms with E-state index in [-0.39, 0.29) is 34.6 Å². The summed E-state index contributed by atoms with van der Waals surface area (Å²) in [6.45, 7) is 1.77. The van der Waals surface area contributed by atoms with E-state index < -0.39 is 11.8 Å². The minimum Gasteiger partial charge on any atom is -0.490 e. The number of hydrogen-bond acceptors (Lipinski definition) is 5. The van der Waals surface area contributed by atoms with Gasteiger partial charge in [0.2, 0.25) is 0 Å². The van der Waals surface area contributed by atoms with E-state index in [1.165, 1.54) is 11.1 Å². The normalized spacial score (nSPS) is 14.1. The Labute approximate surface area is 220 Å². The molecule has 3 aromatic carbocycles. The molecule has 1 saturated heterocycles.